The van der Waals surface area contributed by atoms with Crippen molar-refractivity contribution < 1.29 is 4.79 Å². The van der Waals surface area contributed by atoms with Crippen molar-refractivity contribution in [1.29, 1.82) is 0 Å². The monoisotopic (exact) mass is 468 g/mol. The van der Waals surface area contributed by atoms with Crippen molar-refractivity contribution in [2.45, 2.75) is 89.6 Å². The molecule has 0 bridgehead atoms. The maximum Gasteiger partial charge on any atom is 0.247 e. The predicted molar refractivity (Wildman–Crippen MR) is 142 cm³/mol. The number of likely N-dealkylation sites (tertiary alicyclic amines) is 1. The maximum atomic E-state index is 13.5. The number of rotatable bonds is 10. The highest BCUT2D eigenvalue weighted by molar-refractivity contribution is 5.94. The number of nitrogens with zero attached hydrogens (tertiary/aromatic N) is 2. The fourth-order valence-corrected chi connectivity index (χ4v) is 7.04. The molecule has 2 saturated heterocycles. The molecule has 0 aromatic heterocycles. The van der Waals surface area contributed by atoms with Gasteiger partial charge < -0.3 is 15.5 Å². The van der Waals surface area contributed by atoms with Crippen molar-refractivity contribution in [3.05, 3.63) is 30.3 Å². The number of hydrogen-bond acceptors (Lipinski definition) is 4. The summed E-state index contributed by atoms with van der Waals surface area (Å²) in [4.78, 5) is 18.7. The number of para-hydroxylation sites is 1. The van der Waals surface area contributed by atoms with Crippen molar-refractivity contribution in [2.75, 3.05) is 38.3 Å². The van der Waals surface area contributed by atoms with E-state index in [1.165, 1.54) is 57.1 Å². The Morgan fingerprint density at radius 2 is 1.79 bits per heavy atom. The van der Waals surface area contributed by atoms with E-state index in [1.807, 2.05) is 7.05 Å². The quantitative estimate of drug-likeness (QED) is 0.473. The highest BCUT2D eigenvalue weighted by Gasteiger charge is 2.56. The van der Waals surface area contributed by atoms with Gasteiger partial charge in [-0.3, -0.25) is 9.69 Å². The summed E-state index contributed by atoms with van der Waals surface area (Å²) < 4.78 is 0. The topological polar surface area (TPSA) is 47.6 Å². The maximum absolute atomic E-state index is 13.5. The fourth-order valence-electron chi connectivity index (χ4n) is 7.04. The summed E-state index contributed by atoms with van der Waals surface area (Å²) in [5, 5.41) is 6.51. The van der Waals surface area contributed by atoms with Crippen LogP contribution in [0.2, 0.25) is 0 Å². The molecule has 1 aromatic rings. The highest BCUT2D eigenvalue weighted by Crippen LogP contribution is 2.44. The molecule has 4 rings (SSSR count). The SMILES string of the molecule is CNCCCCCC[C@H]1CN(C2CCC(C(C)C)CC2)CC[C@]12C(=O)NCN2c1ccccc1. The van der Waals surface area contributed by atoms with Crippen molar-refractivity contribution in [3.8, 4) is 0 Å². The van der Waals surface area contributed by atoms with Gasteiger partial charge in [0.25, 0.3) is 0 Å². The first-order valence-corrected chi connectivity index (χ1v) is 14.1. The fraction of sp³-hybridized carbons (Fsp3) is 0.759. The second kappa shape index (κ2) is 11.9. The Bertz CT molecular complexity index is 761. The van der Waals surface area contributed by atoms with Crippen LogP contribution in [0.1, 0.15) is 78.1 Å². The second-order valence-corrected chi connectivity index (χ2v) is 11.4. The second-order valence-electron chi connectivity index (χ2n) is 11.4. The van der Waals surface area contributed by atoms with E-state index in [0.29, 0.717) is 18.6 Å². The normalized spacial score (nSPS) is 30.3. The van der Waals surface area contributed by atoms with E-state index < -0.39 is 5.54 Å². The van der Waals surface area contributed by atoms with Gasteiger partial charge in [0, 0.05) is 30.7 Å². The minimum atomic E-state index is -0.391. The van der Waals surface area contributed by atoms with Gasteiger partial charge in [-0.15, -0.1) is 0 Å². The summed E-state index contributed by atoms with van der Waals surface area (Å²) in [5.41, 5.74) is 0.795. The average molecular weight is 469 g/mol. The molecule has 34 heavy (non-hydrogen) atoms. The lowest BCUT2D eigenvalue weighted by molar-refractivity contribution is -0.128. The van der Waals surface area contributed by atoms with Gasteiger partial charge in [-0.2, -0.15) is 0 Å². The van der Waals surface area contributed by atoms with Crippen LogP contribution in [0, 0.1) is 17.8 Å². The van der Waals surface area contributed by atoms with Crippen molar-refractivity contribution >= 4 is 11.6 Å². The van der Waals surface area contributed by atoms with Crippen LogP contribution in [0.15, 0.2) is 30.3 Å². The lowest BCUT2D eigenvalue weighted by atomic mass is 9.72. The number of benzene rings is 1. The zero-order valence-electron chi connectivity index (χ0n) is 21.9. The Balaban J connectivity index is 1.48. The number of amides is 1. The van der Waals surface area contributed by atoms with Gasteiger partial charge in [0.2, 0.25) is 5.91 Å². The van der Waals surface area contributed by atoms with Crippen LogP contribution in [-0.4, -0.2) is 55.7 Å². The highest BCUT2D eigenvalue weighted by atomic mass is 16.2. The molecule has 3 fully saturated rings. The molecule has 0 unspecified atom stereocenters. The molecular weight excluding hydrogens is 420 g/mol. The number of carbonyl (C=O) groups excluding carboxylic acids is 1. The molecule has 190 valence electrons. The predicted octanol–water partition coefficient (Wildman–Crippen LogP) is 5.03. The van der Waals surface area contributed by atoms with Gasteiger partial charge in [0.15, 0.2) is 0 Å². The van der Waals surface area contributed by atoms with E-state index in [0.717, 1.165) is 44.3 Å². The first-order valence-electron chi connectivity index (χ1n) is 14.1. The number of carbonyl (C=O) groups is 1. The number of unbranched alkanes of at least 4 members (excludes halogenated alkanes) is 3. The Hall–Kier alpha value is -1.59. The van der Waals surface area contributed by atoms with Gasteiger partial charge in [0.1, 0.15) is 5.54 Å². The van der Waals surface area contributed by atoms with E-state index in [-0.39, 0.29) is 5.91 Å². The molecule has 2 N–H and O–H groups in total. The number of anilines is 1. The van der Waals surface area contributed by atoms with Crippen molar-refractivity contribution in [1.82, 2.24) is 15.5 Å². The average Bonchev–Trinajstić information content (AvgIpc) is 3.19. The lowest BCUT2D eigenvalue weighted by Gasteiger charge is -2.51. The summed E-state index contributed by atoms with van der Waals surface area (Å²) in [6.07, 6.45) is 12.5. The van der Waals surface area contributed by atoms with E-state index in [2.05, 4.69) is 64.6 Å². The standard InChI is InChI=1S/C29H48N4O/c1-23(2)24-14-16-26(17-15-24)32-20-18-29(25(21-32)11-7-4-5-10-19-30-3)28(34)31-22-33(29)27-12-8-6-9-13-27/h6,8-9,12-13,23-26,30H,4-5,7,10-11,14-22H2,1-3H3,(H,31,34)/t24?,25-,26?,29+/m0/s1. The molecule has 5 heteroatoms. The van der Waals surface area contributed by atoms with E-state index in [9.17, 15) is 4.79 Å². The molecule has 1 aromatic carbocycles. The van der Waals surface area contributed by atoms with Crippen LogP contribution in [0.25, 0.3) is 0 Å². The summed E-state index contributed by atoms with van der Waals surface area (Å²) in [6.45, 7) is 8.64. The Morgan fingerprint density at radius 1 is 1.06 bits per heavy atom. The zero-order valence-corrected chi connectivity index (χ0v) is 21.9. The summed E-state index contributed by atoms with van der Waals surface area (Å²) in [7, 11) is 2.03. The Morgan fingerprint density at radius 3 is 2.50 bits per heavy atom. The van der Waals surface area contributed by atoms with Crippen LogP contribution in [-0.2, 0) is 4.79 Å². The van der Waals surface area contributed by atoms with Crippen LogP contribution < -0.4 is 15.5 Å². The third-order valence-electron chi connectivity index (χ3n) is 9.18. The zero-order chi connectivity index (χ0) is 24.0. The molecule has 2 atom stereocenters. The minimum Gasteiger partial charge on any atom is -0.339 e. The number of piperidine rings is 1. The molecule has 1 aliphatic carbocycles. The van der Waals surface area contributed by atoms with Crippen molar-refractivity contribution in [3.63, 3.8) is 0 Å². The molecule has 1 saturated carbocycles. The summed E-state index contributed by atoms with van der Waals surface area (Å²) in [5.74, 6) is 2.36. The van der Waals surface area contributed by atoms with Crippen LogP contribution in [0.3, 0.4) is 0 Å². The van der Waals surface area contributed by atoms with Crippen molar-refractivity contribution in [2.24, 2.45) is 17.8 Å². The van der Waals surface area contributed by atoms with Gasteiger partial charge in [-0.25, -0.2) is 0 Å². The lowest BCUT2D eigenvalue weighted by Crippen LogP contribution is -2.63. The third kappa shape index (κ3) is 5.46. The first kappa shape index (κ1) is 25.5. The summed E-state index contributed by atoms with van der Waals surface area (Å²) in [6, 6.07) is 11.3. The molecule has 0 radical (unpaired) electrons. The Kier molecular flexibility index (Phi) is 8.92. The van der Waals surface area contributed by atoms with E-state index in [4.69, 9.17) is 0 Å². The van der Waals surface area contributed by atoms with Gasteiger partial charge in [-0.1, -0.05) is 51.3 Å². The first-order chi connectivity index (χ1) is 16.6. The van der Waals surface area contributed by atoms with Gasteiger partial charge in [0.05, 0.1) is 6.67 Å². The van der Waals surface area contributed by atoms with E-state index >= 15 is 0 Å². The van der Waals surface area contributed by atoms with Crippen LogP contribution in [0.5, 0.6) is 0 Å². The van der Waals surface area contributed by atoms with Crippen LogP contribution >= 0.6 is 0 Å². The van der Waals surface area contributed by atoms with Gasteiger partial charge >= 0.3 is 0 Å². The number of nitrogens with one attached hydrogen (secondary N) is 2. The molecular formula is C29H48N4O. The minimum absolute atomic E-state index is 0.264. The summed E-state index contributed by atoms with van der Waals surface area (Å²) >= 11 is 0. The molecule has 5 nitrogen and oxygen atoms in total. The third-order valence-corrected chi connectivity index (χ3v) is 9.18. The molecule has 1 amide bonds. The molecule has 3 aliphatic rings. The van der Waals surface area contributed by atoms with E-state index in [1.54, 1.807) is 0 Å². The molecule has 2 heterocycles. The van der Waals surface area contributed by atoms with Crippen LogP contribution in [0.4, 0.5) is 5.69 Å². The Labute approximate surface area is 208 Å². The van der Waals surface area contributed by atoms with Gasteiger partial charge in [-0.05, 0) is 82.5 Å². The molecule has 1 spiro atoms. The largest absolute Gasteiger partial charge is 0.339 e. The molecule has 2 aliphatic heterocycles. The number of hydrogen-bond donors (Lipinski definition) is 2. The smallest absolute Gasteiger partial charge is 0.247 e.